The molecule has 4 nitrogen and oxygen atoms in total. The summed E-state index contributed by atoms with van der Waals surface area (Å²) >= 11 is 6.14. The van der Waals surface area contributed by atoms with Gasteiger partial charge in [-0.25, -0.2) is 4.79 Å². The van der Waals surface area contributed by atoms with Crippen LogP contribution >= 0.6 is 11.6 Å². The third-order valence-electron chi connectivity index (χ3n) is 3.72. The molecule has 0 aliphatic heterocycles. The second-order valence-corrected chi connectivity index (χ2v) is 5.88. The summed E-state index contributed by atoms with van der Waals surface area (Å²) in [5.41, 5.74) is 2.37. The molecule has 1 heterocycles. The molecule has 1 atom stereocenters. The molecule has 0 fully saturated rings. The highest BCUT2D eigenvalue weighted by Gasteiger charge is 2.15. The summed E-state index contributed by atoms with van der Waals surface area (Å²) in [6.45, 7) is 2.48. The Morgan fingerprint density at radius 1 is 1.17 bits per heavy atom. The minimum Gasteiger partial charge on any atom is -0.454 e. The summed E-state index contributed by atoms with van der Waals surface area (Å²) in [5.74, 6) is -0.368. The number of benzene rings is 2. The molecule has 2 aromatic carbocycles. The predicted molar refractivity (Wildman–Crippen MR) is 93.1 cm³/mol. The molecule has 5 heteroatoms. The SMILES string of the molecule is CC(OC(=O)c1ccc(Cn2cccn2)cc1)c1ccccc1Cl. The van der Waals surface area contributed by atoms with Crippen LogP contribution in [0.3, 0.4) is 0 Å². The standard InChI is InChI=1S/C19H17ClN2O2/c1-14(17-5-2-3-6-18(17)20)24-19(23)16-9-7-15(8-10-16)13-22-12-4-11-21-22/h2-12,14H,13H2,1H3. The van der Waals surface area contributed by atoms with E-state index in [0.29, 0.717) is 17.1 Å². The fourth-order valence-electron chi connectivity index (χ4n) is 2.42. The molecule has 0 N–H and O–H groups in total. The normalized spacial score (nSPS) is 11.9. The lowest BCUT2D eigenvalue weighted by molar-refractivity contribution is 0.0338. The Kier molecular flexibility index (Phi) is 4.96. The molecule has 0 aliphatic rings. The van der Waals surface area contributed by atoms with Crippen LogP contribution in [0.5, 0.6) is 0 Å². The first-order valence-electron chi connectivity index (χ1n) is 7.65. The number of halogens is 1. The van der Waals surface area contributed by atoms with E-state index in [1.165, 1.54) is 0 Å². The first-order valence-corrected chi connectivity index (χ1v) is 8.03. The van der Waals surface area contributed by atoms with Crippen molar-refractivity contribution in [3.63, 3.8) is 0 Å². The molecule has 1 aromatic heterocycles. The minimum absolute atomic E-state index is 0.368. The zero-order chi connectivity index (χ0) is 16.9. The van der Waals surface area contributed by atoms with Crippen LogP contribution in [0.15, 0.2) is 67.0 Å². The van der Waals surface area contributed by atoms with Gasteiger partial charge in [0.2, 0.25) is 0 Å². The molecule has 0 amide bonds. The number of ether oxygens (including phenoxy) is 1. The van der Waals surface area contributed by atoms with Crippen molar-refractivity contribution in [3.05, 3.63) is 88.7 Å². The van der Waals surface area contributed by atoms with Gasteiger partial charge in [-0.15, -0.1) is 0 Å². The number of hydrogen-bond acceptors (Lipinski definition) is 3. The Hall–Kier alpha value is -2.59. The molecule has 0 spiro atoms. The van der Waals surface area contributed by atoms with Crippen molar-refractivity contribution in [2.75, 3.05) is 0 Å². The van der Waals surface area contributed by atoms with Crippen LogP contribution in [0.4, 0.5) is 0 Å². The number of carbonyl (C=O) groups is 1. The van der Waals surface area contributed by atoms with Gasteiger partial charge in [0.1, 0.15) is 6.10 Å². The summed E-state index contributed by atoms with van der Waals surface area (Å²) in [7, 11) is 0. The highest BCUT2D eigenvalue weighted by molar-refractivity contribution is 6.31. The van der Waals surface area contributed by atoms with Crippen molar-refractivity contribution < 1.29 is 9.53 Å². The molecular formula is C19H17ClN2O2. The van der Waals surface area contributed by atoms with Gasteiger partial charge in [0.25, 0.3) is 0 Å². The lowest BCUT2D eigenvalue weighted by atomic mass is 10.1. The van der Waals surface area contributed by atoms with E-state index in [1.807, 2.05) is 54.2 Å². The first-order chi connectivity index (χ1) is 11.6. The van der Waals surface area contributed by atoms with Crippen LogP contribution in [0.25, 0.3) is 0 Å². The van der Waals surface area contributed by atoms with Crippen molar-refractivity contribution in [3.8, 4) is 0 Å². The number of rotatable bonds is 5. The number of nitrogens with zero attached hydrogens (tertiary/aromatic N) is 2. The maximum Gasteiger partial charge on any atom is 0.338 e. The van der Waals surface area contributed by atoms with Gasteiger partial charge in [-0.2, -0.15) is 5.10 Å². The number of esters is 1. The van der Waals surface area contributed by atoms with E-state index in [1.54, 1.807) is 24.4 Å². The minimum atomic E-state index is -0.407. The Morgan fingerprint density at radius 2 is 1.92 bits per heavy atom. The third-order valence-corrected chi connectivity index (χ3v) is 4.06. The second-order valence-electron chi connectivity index (χ2n) is 5.47. The summed E-state index contributed by atoms with van der Waals surface area (Å²) in [6, 6.07) is 16.6. The van der Waals surface area contributed by atoms with E-state index in [0.717, 1.165) is 11.1 Å². The van der Waals surface area contributed by atoms with Crippen molar-refractivity contribution in [2.24, 2.45) is 0 Å². The third kappa shape index (κ3) is 3.84. The average molecular weight is 341 g/mol. The van der Waals surface area contributed by atoms with Crippen LogP contribution in [0.1, 0.15) is 34.5 Å². The Bertz CT molecular complexity index is 814. The summed E-state index contributed by atoms with van der Waals surface area (Å²) in [4.78, 5) is 12.3. The maximum atomic E-state index is 12.3. The quantitative estimate of drug-likeness (QED) is 0.642. The largest absolute Gasteiger partial charge is 0.454 e. The molecule has 122 valence electrons. The molecule has 0 saturated heterocycles. The molecule has 0 saturated carbocycles. The highest BCUT2D eigenvalue weighted by Crippen LogP contribution is 2.25. The first kappa shape index (κ1) is 16.3. The van der Waals surface area contributed by atoms with Crippen molar-refractivity contribution in [1.82, 2.24) is 9.78 Å². The topological polar surface area (TPSA) is 44.1 Å². The Morgan fingerprint density at radius 3 is 2.58 bits per heavy atom. The van der Waals surface area contributed by atoms with Crippen molar-refractivity contribution >= 4 is 17.6 Å². The van der Waals surface area contributed by atoms with E-state index >= 15 is 0 Å². The van der Waals surface area contributed by atoms with Gasteiger partial charge in [0.05, 0.1) is 12.1 Å². The van der Waals surface area contributed by atoms with Crippen LogP contribution in [-0.2, 0) is 11.3 Å². The van der Waals surface area contributed by atoms with Gasteiger partial charge in [0, 0.05) is 23.0 Å². The average Bonchev–Trinajstić information content (AvgIpc) is 3.08. The number of carbonyl (C=O) groups excluding carboxylic acids is 1. The zero-order valence-corrected chi connectivity index (χ0v) is 14.0. The Labute approximate surface area is 145 Å². The van der Waals surface area contributed by atoms with Gasteiger partial charge in [0.15, 0.2) is 0 Å². The van der Waals surface area contributed by atoms with Gasteiger partial charge < -0.3 is 4.74 Å². The number of aromatic nitrogens is 2. The zero-order valence-electron chi connectivity index (χ0n) is 13.2. The molecular weight excluding hydrogens is 324 g/mol. The van der Waals surface area contributed by atoms with E-state index in [4.69, 9.17) is 16.3 Å². The summed E-state index contributed by atoms with van der Waals surface area (Å²) in [6.07, 6.45) is 3.23. The molecule has 3 aromatic rings. The van der Waals surface area contributed by atoms with E-state index in [2.05, 4.69) is 5.10 Å². The lowest BCUT2D eigenvalue weighted by Gasteiger charge is -2.15. The van der Waals surface area contributed by atoms with Crippen molar-refractivity contribution in [2.45, 2.75) is 19.6 Å². The van der Waals surface area contributed by atoms with Gasteiger partial charge in [-0.1, -0.05) is 41.9 Å². The molecule has 0 aliphatic carbocycles. The van der Waals surface area contributed by atoms with Crippen LogP contribution < -0.4 is 0 Å². The van der Waals surface area contributed by atoms with Crippen LogP contribution in [-0.4, -0.2) is 15.7 Å². The Balaban J connectivity index is 1.66. The van der Waals surface area contributed by atoms with E-state index in [-0.39, 0.29) is 5.97 Å². The van der Waals surface area contributed by atoms with Crippen LogP contribution in [0, 0.1) is 0 Å². The molecule has 0 radical (unpaired) electrons. The second kappa shape index (κ2) is 7.32. The fraction of sp³-hybridized carbons (Fsp3) is 0.158. The van der Waals surface area contributed by atoms with E-state index < -0.39 is 6.10 Å². The molecule has 3 rings (SSSR count). The maximum absolute atomic E-state index is 12.3. The molecule has 24 heavy (non-hydrogen) atoms. The van der Waals surface area contributed by atoms with E-state index in [9.17, 15) is 4.79 Å². The van der Waals surface area contributed by atoms with Gasteiger partial charge >= 0.3 is 5.97 Å². The van der Waals surface area contributed by atoms with Gasteiger partial charge in [-0.05, 0) is 36.8 Å². The smallest absolute Gasteiger partial charge is 0.338 e. The summed E-state index contributed by atoms with van der Waals surface area (Å²) in [5, 5.41) is 4.75. The molecule has 1 unspecified atom stereocenters. The van der Waals surface area contributed by atoms with Crippen molar-refractivity contribution in [1.29, 1.82) is 0 Å². The van der Waals surface area contributed by atoms with Crippen LogP contribution in [0.2, 0.25) is 5.02 Å². The lowest BCUT2D eigenvalue weighted by Crippen LogP contribution is -2.10. The fourth-order valence-corrected chi connectivity index (χ4v) is 2.71. The monoisotopic (exact) mass is 340 g/mol. The molecule has 0 bridgehead atoms. The van der Waals surface area contributed by atoms with Gasteiger partial charge in [-0.3, -0.25) is 4.68 Å². The summed E-state index contributed by atoms with van der Waals surface area (Å²) < 4.78 is 7.33. The highest BCUT2D eigenvalue weighted by atomic mass is 35.5. The predicted octanol–water partition coefficient (Wildman–Crippen LogP) is 4.50. The number of hydrogen-bond donors (Lipinski definition) is 0.